The van der Waals surface area contributed by atoms with Crippen LogP contribution in [0.25, 0.3) is 0 Å². The predicted molar refractivity (Wildman–Crippen MR) is 172 cm³/mol. The molecule has 0 saturated carbocycles. The molecule has 6 nitrogen and oxygen atoms in total. The Hall–Kier alpha value is -2.20. The first-order valence-electron chi connectivity index (χ1n) is 12.1. The second kappa shape index (κ2) is 10.7. The quantitative estimate of drug-likeness (QED) is 0.0906. The van der Waals surface area contributed by atoms with Crippen LogP contribution >= 0.6 is 92.8 Å². The van der Waals surface area contributed by atoms with Crippen LogP contribution < -0.4 is 8.97 Å². The normalized spacial score (nSPS) is 16.6. The molecule has 0 bridgehead atoms. The van der Waals surface area contributed by atoms with Gasteiger partial charge in [-0.05, 0) is 0 Å². The molecule has 0 fully saturated rings. The first-order valence-corrected chi connectivity index (χ1v) is 15.1. The lowest BCUT2D eigenvalue weighted by molar-refractivity contribution is 0.0484. The molecule has 0 spiro atoms. The Bertz CT molecular complexity index is 1730. The van der Waals surface area contributed by atoms with Gasteiger partial charge in [0.1, 0.15) is 22.3 Å². The average Bonchev–Trinajstić information content (AvgIpc) is 3.38. The number of carbonyl (C=O) groups excluding carboxylic acids is 4. The van der Waals surface area contributed by atoms with Crippen molar-refractivity contribution in [3.63, 3.8) is 0 Å². The third kappa shape index (κ3) is 3.96. The summed E-state index contributed by atoms with van der Waals surface area (Å²) >= 11 is 51.2. The number of carbonyl (C=O) groups is 4. The Balaban J connectivity index is 1.72. The van der Waals surface area contributed by atoms with Gasteiger partial charge in [-0.1, -0.05) is 129 Å². The fraction of sp³-hybridized carbons (Fsp3) is 0.0345. The van der Waals surface area contributed by atoms with E-state index in [-0.39, 0.29) is 73.8 Å². The van der Waals surface area contributed by atoms with Gasteiger partial charge in [-0.2, -0.15) is 0 Å². The molecule has 216 valence electrons. The minimum atomic E-state index is -1.23. The number of hydrogen-bond donors (Lipinski definition) is 0. The third-order valence-electron chi connectivity index (χ3n) is 7.59. The van der Waals surface area contributed by atoms with Crippen LogP contribution in [0, 0.1) is 0 Å². The van der Waals surface area contributed by atoms with Crippen molar-refractivity contribution in [3.8, 4) is 0 Å². The van der Waals surface area contributed by atoms with Gasteiger partial charge in [0.2, 0.25) is 6.67 Å². The summed E-state index contributed by atoms with van der Waals surface area (Å²) in [7, 11) is 0. The van der Waals surface area contributed by atoms with Crippen molar-refractivity contribution in [2.24, 2.45) is 0 Å². The molecular formula is C29H12Cl8N2O4+2. The van der Waals surface area contributed by atoms with Crippen LogP contribution in [0.5, 0.6) is 0 Å². The van der Waals surface area contributed by atoms with Crippen LogP contribution in [0.2, 0.25) is 40.2 Å². The van der Waals surface area contributed by atoms with Crippen molar-refractivity contribution in [2.75, 3.05) is 6.67 Å². The van der Waals surface area contributed by atoms with Crippen LogP contribution in [0.4, 0.5) is 11.4 Å². The molecule has 6 rings (SSSR count). The maximum atomic E-state index is 14.6. The number of amides is 4. The van der Waals surface area contributed by atoms with Crippen molar-refractivity contribution < 1.29 is 19.2 Å². The van der Waals surface area contributed by atoms with Gasteiger partial charge in [0.25, 0.3) is 0 Å². The number of quaternary nitrogens is 2. The highest BCUT2D eigenvalue weighted by Crippen LogP contribution is 2.52. The van der Waals surface area contributed by atoms with Crippen molar-refractivity contribution in [1.29, 1.82) is 0 Å². The van der Waals surface area contributed by atoms with Crippen molar-refractivity contribution >= 4 is 128 Å². The van der Waals surface area contributed by atoms with Gasteiger partial charge in [0.05, 0.1) is 40.2 Å². The Morgan fingerprint density at radius 3 is 0.837 bits per heavy atom. The van der Waals surface area contributed by atoms with Gasteiger partial charge in [0, 0.05) is 24.3 Å². The fourth-order valence-corrected chi connectivity index (χ4v) is 7.62. The van der Waals surface area contributed by atoms with Crippen molar-refractivity contribution in [1.82, 2.24) is 8.97 Å². The van der Waals surface area contributed by atoms with Crippen molar-refractivity contribution in [2.45, 2.75) is 0 Å². The topological polar surface area (TPSA) is 68.3 Å². The first-order chi connectivity index (χ1) is 20.3. The summed E-state index contributed by atoms with van der Waals surface area (Å²) < 4.78 is -2.47. The minimum Gasteiger partial charge on any atom is -0.224 e. The molecule has 2 aliphatic heterocycles. The Morgan fingerprint density at radius 1 is 0.372 bits per heavy atom. The van der Waals surface area contributed by atoms with Gasteiger partial charge in [0.15, 0.2) is 11.4 Å². The Labute approximate surface area is 283 Å². The summed E-state index contributed by atoms with van der Waals surface area (Å²) in [5.74, 6) is -3.57. The number of hydrogen-bond acceptors (Lipinski definition) is 4. The van der Waals surface area contributed by atoms with Gasteiger partial charge in [-0.25, -0.2) is 19.2 Å². The summed E-state index contributed by atoms with van der Waals surface area (Å²) in [5, 5.41) is -2.18. The highest BCUT2D eigenvalue weighted by molar-refractivity contribution is 6.57. The van der Waals surface area contributed by atoms with Crippen LogP contribution in [-0.4, -0.2) is 30.3 Å². The molecule has 0 radical (unpaired) electrons. The minimum absolute atomic E-state index is 0.103. The molecule has 4 aromatic rings. The number of rotatable bonds is 4. The van der Waals surface area contributed by atoms with E-state index in [9.17, 15) is 19.2 Å². The lowest BCUT2D eigenvalue weighted by Crippen LogP contribution is -2.69. The van der Waals surface area contributed by atoms with Gasteiger partial charge in [-0.3, -0.25) is 0 Å². The van der Waals surface area contributed by atoms with Crippen LogP contribution in [0.1, 0.15) is 41.4 Å². The molecule has 4 aromatic carbocycles. The smallest absolute Gasteiger partial charge is 0.224 e. The highest BCUT2D eigenvalue weighted by atomic mass is 35.5. The van der Waals surface area contributed by atoms with E-state index in [1.807, 2.05) is 0 Å². The van der Waals surface area contributed by atoms with Gasteiger partial charge in [-0.15, -0.1) is 8.97 Å². The van der Waals surface area contributed by atoms with E-state index in [0.29, 0.717) is 0 Å². The second-order valence-corrected chi connectivity index (χ2v) is 12.7. The van der Waals surface area contributed by atoms with Crippen molar-refractivity contribution in [3.05, 3.63) is 123 Å². The summed E-state index contributed by atoms with van der Waals surface area (Å²) in [4.78, 5) is 58.5. The molecule has 0 aliphatic carbocycles. The molecule has 0 N–H and O–H groups in total. The van der Waals surface area contributed by atoms with E-state index in [1.165, 1.54) is 24.3 Å². The van der Waals surface area contributed by atoms with Crippen LogP contribution in [0.15, 0.2) is 60.7 Å². The number of imide groups is 2. The highest BCUT2D eigenvalue weighted by Gasteiger charge is 2.69. The average molecular weight is 736 g/mol. The molecule has 4 amide bonds. The molecule has 2 heterocycles. The number of para-hydroxylation sites is 2. The largest absolute Gasteiger partial charge is 0.366 e. The number of halogens is 8. The van der Waals surface area contributed by atoms with E-state index < -0.39 is 39.3 Å². The van der Waals surface area contributed by atoms with Gasteiger partial charge < -0.3 is 0 Å². The molecule has 43 heavy (non-hydrogen) atoms. The number of fused-ring (bicyclic) bond motifs is 2. The second-order valence-electron chi connectivity index (χ2n) is 9.66. The number of nitrogens with zero attached hydrogens (tertiary/aromatic N) is 2. The molecule has 2 aliphatic rings. The summed E-state index contributed by atoms with van der Waals surface area (Å²) in [6, 6.07) is 15.7. The van der Waals surface area contributed by atoms with Gasteiger partial charge >= 0.3 is 23.6 Å². The maximum absolute atomic E-state index is 14.6. The standard InChI is InChI=1S/C29H12Cl8N2O4/c30-18-14-15(19(31)23(35)22(18)34)27(41)38(26(14)40,12-7-3-1-4-8-12)11-39(13-9-5-2-6-10-13)28(42)16-17(29(39)43)21(33)25(37)24(36)20(16)32/h1-10H,11H2/q+2. The summed E-state index contributed by atoms with van der Waals surface area (Å²) in [6.07, 6.45) is 0. The monoisotopic (exact) mass is 732 g/mol. The van der Waals surface area contributed by atoms with Crippen LogP contribution in [-0.2, 0) is 0 Å². The zero-order chi connectivity index (χ0) is 31.2. The summed E-state index contributed by atoms with van der Waals surface area (Å²) in [5.41, 5.74) is -1.02. The molecule has 0 unspecified atom stereocenters. The number of benzene rings is 4. The lowest BCUT2D eigenvalue weighted by atomic mass is 10.1. The van der Waals surface area contributed by atoms with E-state index in [4.69, 9.17) is 92.8 Å². The molecular weight excluding hydrogens is 724 g/mol. The lowest BCUT2D eigenvalue weighted by Gasteiger charge is -2.35. The third-order valence-corrected chi connectivity index (χ3v) is 11.2. The van der Waals surface area contributed by atoms with E-state index in [2.05, 4.69) is 0 Å². The van der Waals surface area contributed by atoms with Crippen LogP contribution in [0.3, 0.4) is 0 Å². The Morgan fingerprint density at radius 2 is 0.605 bits per heavy atom. The molecule has 14 heteroatoms. The van der Waals surface area contributed by atoms with E-state index in [0.717, 1.165) is 0 Å². The molecule has 0 saturated heterocycles. The maximum Gasteiger partial charge on any atom is 0.366 e. The SMILES string of the molecule is O=C1c2c(Cl)c(Cl)c(Cl)c(Cl)c2C(=O)[N+]1(C[N+]1(c2ccccc2)C(=O)c2c(Cl)c(Cl)c(Cl)c(Cl)c2C1=O)c1ccccc1. The zero-order valence-electron chi connectivity index (χ0n) is 21.0. The van der Waals surface area contributed by atoms with E-state index >= 15 is 0 Å². The zero-order valence-corrected chi connectivity index (χ0v) is 27.1. The predicted octanol–water partition coefficient (Wildman–Crippen LogP) is 10.2. The molecule has 0 aromatic heterocycles. The first kappa shape index (κ1) is 30.8. The summed E-state index contributed by atoms with van der Waals surface area (Å²) in [6.45, 7) is -0.809. The Kier molecular flexibility index (Phi) is 7.67. The fourth-order valence-electron chi connectivity index (χ4n) is 5.59. The van der Waals surface area contributed by atoms with E-state index in [1.54, 1.807) is 36.4 Å². The molecule has 0 atom stereocenters.